The lowest BCUT2D eigenvalue weighted by atomic mass is 10.2. The molecule has 1 heterocycles. The van der Waals surface area contributed by atoms with Gasteiger partial charge in [-0.1, -0.05) is 53.3 Å². The van der Waals surface area contributed by atoms with Gasteiger partial charge in [-0.15, -0.1) is 0 Å². The number of thiazole rings is 1. The Kier molecular flexibility index (Phi) is 7.06. The lowest BCUT2D eigenvalue weighted by Gasteiger charge is -2.04. The Bertz CT molecular complexity index is 1250. The molecule has 0 bridgehead atoms. The van der Waals surface area contributed by atoms with Gasteiger partial charge in [0.1, 0.15) is 6.54 Å². The Morgan fingerprint density at radius 1 is 1.17 bits per heavy atom. The Morgan fingerprint density at radius 3 is 2.60 bits per heavy atom. The maximum absolute atomic E-state index is 12.4. The van der Waals surface area contributed by atoms with E-state index in [1.54, 1.807) is 53.1 Å². The summed E-state index contributed by atoms with van der Waals surface area (Å²) in [6.07, 6.45) is -0.248. The van der Waals surface area contributed by atoms with Crippen molar-refractivity contribution in [1.29, 1.82) is 0 Å². The third-order valence-corrected chi connectivity index (χ3v) is 7.11. The molecule has 158 valence electrons. The van der Waals surface area contributed by atoms with Crippen LogP contribution in [0.25, 0.3) is 10.2 Å². The molecular formula is C20H19ClN2O5S2. The number of esters is 1. The van der Waals surface area contributed by atoms with E-state index >= 15 is 0 Å². The molecule has 2 aromatic carbocycles. The summed E-state index contributed by atoms with van der Waals surface area (Å²) in [4.78, 5) is 28.5. The maximum atomic E-state index is 12.4. The Balaban J connectivity index is 1.82. The van der Waals surface area contributed by atoms with Crippen molar-refractivity contribution >= 4 is 54.9 Å². The first-order valence-electron chi connectivity index (χ1n) is 8.95. The summed E-state index contributed by atoms with van der Waals surface area (Å²) in [5, 5.41) is 0.513. The van der Waals surface area contributed by atoms with Gasteiger partial charge in [0.2, 0.25) is 5.91 Å². The highest BCUT2D eigenvalue weighted by Crippen LogP contribution is 2.22. The van der Waals surface area contributed by atoms with Crippen LogP contribution in [-0.4, -0.2) is 37.7 Å². The summed E-state index contributed by atoms with van der Waals surface area (Å²) in [7, 11) is -2.19. The second-order valence-corrected chi connectivity index (χ2v) is 10.1. The van der Waals surface area contributed by atoms with Crippen LogP contribution in [0.2, 0.25) is 5.02 Å². The molecule has 0 N–H and O–H groups in total. The molecule has 3 aromatic rings. The normalized spacial score (nSPS) is 12.3. The van der Waals surface area contributed by atoms with E-state index in [2.05, 4.69) is 4.99 Å². The number of amides is 1. The van der Waals surface area contributed by atoms with Crippen molar-refractivity contribution in [1.82, 2.24) is 4.57 Å². The summed E-state index contributed by atoms with van der Waals surface area (Å²) in [5.41, 5.74) is 1.34. The van der Waals surface area contributed by atoms with E-state index in [4.69, 9.17) is 16.3 Å². The van der Waals surface area contributed by atoms with Gasteiger partial charge in [-0.3, -0.25) is 9.59 Å². The molecule has 7 nitrogen and oxygen atoms in total. The minimum atomic E-state index is -3.46. The smallest absolute Gasteiger partial charge is 0.325 e. The van der Waals surface area contributed by atoms with E-state index in [0.29, 0.717) is 16.1 Å². The number of hydrogen-bond acceptors (Lipinski definition) is 6. The second-order valence-electron chi connectivity index (χ2n) is 6.49. The average Bonchev–Trinajstić information content (AvgIpc) is 3.02. The molecule has 0 atom stereocenters. The average molecular weight is 467 g/mol. The van der Waals surface area contributed by atoms with Gasteiger partial charge in [0.15, 0.2) is 14.6 Å². The highest BCUT2D eigenvalue weighted by molar-refractivity contribution is 7.90. The van der Waals surface area contributed by atoms with E-state index in [1.807, 2.05) is 0 Å². The van der Waals surface area contributed by atoms with Crippen molar-refractivity contribution < 1.29 is 22.7 Å². The molecule has 0 unspecified atom stereocenters. The van der Waals surface area contributed by atoms with Crippen molar-refractivity contribution in [2.75, 3.05) is 12.9 Å². The van der Waals surface area contributed by atoms with Crippen LogP contribution < -0.4 is 4.80 Å². The highest BCUT2D eigenvalue weighted by Gasteiger charge is 2.16. The molecule has 0 aliphatic carbocycles. The van der Waals surface area contributed by atoms with Crippen LogP contribution >= 0.6 is 22.9 Å². The zero-order chi connectivity index (χ0) is 21.7. The van der Waals surface area contributed by atoms with E-state index < -0.39 is 21.7 Å². The van der Waals surface area contributed by atoms with Crippen LogP contribution in [0, 0.1) is 0 Å². The van der Waals surface area contributed by atoms with Crippen LogP contribution in [0.1, 0.15) is 12.0 Å². The van der Waals surface area contributed by atoms with Crippen LogP contribution in [0.5, 0.6) is 0 Å². The number of ether oxygens (including phenoxy) is 1. The molecule has 0 fully saturated rings. The molecule has 0 aliphatic rings. The third kappa shape index (κ3) is 5.78. The van der Waals surface area contributed by atoms with Crippen LogP contribution in [0.15, 0.2) is 53.5 Å². The van der Waals surface area contributed by atoms with Crippen LogP contribution in [0.3, 0.4) is 0 Å². The van der Waals surface area contributed by atoms with E-state index in [1.165, 1.54) is 18.4 Å². The maximum Gasteiger partial charge on any atom is 0.325 e. The molecular weight excluding hydrogens is 448 g/mol. The number of fused-ring (bicyclic) bond motifs is 1. The van der Waals surface area contributed by atoms with Gasteiger partial charge in [0, 0.05) is 11.4 Å². The molecule has 0 saturated carbocycles. The molecule has 0 saturated heterocycles. The van der Waals surface area contributed by atoms with Gasteiger partial charge in [0.05, 0.1) is 28.8 Å². The van der Waals surface area contributed by atoms with Crippen LogP contribution in [-0.2, 0) is 36.5 Å². The first-order valence-corrected chi connectivity index (χ1v) is 12.0. The molecule has 0 radical (unpaired) electrons. The standard InChI is InChI=1S/C20H19ClN2O5S2/c1-28-19(25)12-23-16-8-7-15(21)11-17(16)29-20(23)22-18(24)9-10-30(26,27)13-14-5-3-2-4-6-14/h2-8,11H,9-10,12-13H2,1H3. The van der Waals surface area contributed by atoms with Gasteiger partial charge < -0.3 is 9.30 Å². The summed E-state index contributed by atoms with van der Waals surface area (Å²) in [6.45, 7) is -0.128. The number of carbonyl (C=O) groups is 2. The Morgan fingerprint density at radius 2 is 1.90 bits per heavy atom. The predicted molar refractivity (Wildman–Crippen MR) is 116 cm³/mol. The minimum absolute atomic E-state index is 0.128. The molecule has 1 amide bonds. The first kappa shape index (κ1) is 22.2. The van der Waals surface area contributed by atoms with Gasteiger partial charge in [0.25, 0.3) is 0 Å². The Labute approximate surface area is 182 Å². The molecule has 1 aromatic heterocycles. The number of rotatable bonds is 7. The highest BCUT2D eigenvalue weighted by atomic mass is 35.5. The summed E-state index contributed by atoms with van der Waals surface area (Å²) < 4.78 is 31.6. The van der Waals surface area contributed by atoms with Gasteiger partial charge in [-0.2, -0.15) is 4.99 Å². The number of halogens is 1. The van der Waals surface area contributed by atoms with E-state index in [-0.39, 0.29) is 29.3 Å². The number of benzene rings is 2. The minimum Gasteiger partial charge on any atom is -0.468 e. The fourth-order valence-corrected chi connectivity index (χ4v) is 5.44. The van der Waals surface area contributed by atoms with Crippen LogP contribution in [0.4, 0.5) is 0 Å². The number of nitrogens with zero attached hydrogens (tertiary/aromatic N) is 2. The van der Waals surface area contributed by atoms with Gasteiger partial charge in [-0.05, 0) is 23.8 Å². The predicted octanol–water partition coefficient (Wildman–Crippen LogP) is 2.96. The van der Waals surface area contributed by atoms with Gasteiger partial charge >= 0.3 is 5.97 Å². The summed E-state index contributed by atoms with van der Waals surface area (Å²) >= 11 is 7.22. The number of carbonyl (C=O) groups excluding carboxylic acids is 2. The molecule has 0 aliphatic heterocycles. The fourth-order valence-electron chi connectivity index (χ4n) is 2.78. The number of sulfone groups is 1. The topological polar surface area (TPSA) is 94.8 Å². The quantitative estimate of drug-likeness (QED) is 0.499. The SMILES string of the molecule is COC(=O)Cn1c(=NC(=O)CCS(=O)(=O)Cc2ccccc2)sc2cc(Cl)ccc21. The first-order chi connectivity index (χ1) is 14.3. The zero-order valence-corrected chi connectivity index (χ0v) is 18.5. The summed E-state index contributed by atoms with van der Waals surface area (Å²) in [5.74, 6) is -1.52. The number of methoxy groups -OCH3 is 1. The van der Waals surface area contributed by atoms with Crippen molar-refractivity contribution in [3.63, 3.8) is 0 Å². The second kappa shape index (κ2) is 9.55. The lowest BCUT2D eigenvalue weighted by Crippen LogP contribution is -2.23. The van der Waals surface area contributed by atoms with Crippen molar-refractivity contribution in [2.24, 2.45) is 4.99 Å². The molecule has 30 heavy (non-hydrogen) atoms. The lowest BCUT2D eigenvalue weighted by molar-refractivity contribution is -0.141. The van der Waals surface area contributed by atoms with E-state index in [0.717, 1.165) is 4.70 Å². The number of aromatic nitrogens is 1. The number of hydrogen-bond donors (Lipinski definition) is 0. The molecule has 3 rings (SSSR count). The van der Waals surface area contributed by atoms with Crippen molar-refractivity contribution in [2.45, 2.75) is 18.7 Å². The largest absolute Gasteiger partial charge is 0.468 e. The Hall–Kier alpha value is -2.49. The van der Waals surface area contributed by atoms with Gasteiger partial charge in [-0.25, -0.2) is 8.42 Å². The summed E-state index contributed by atoms with van der Waals surface area (Å²) in [6, 6.07) is 13.9. The zero-order valence-electron chi connectivity index (χ0n) is 16.1. The molecule has 10 heteroatoms. The van der Waals surface area contributed by atoms with E-state index in [9.17, 15) is 18.0 Å². The fraction of sp³-hybridized carbons (Fsp3) is 0.250. The molecule has 0 spiro atoms. The van der Waals surface area contributed by atoms with Crippen molar-refractivity contribution in [3.05, 3.63) is 63.9 Å². The van der Waals surface area contributed by atoms with Crippen molar-refractivity contribution in [3.8, 4) is 0 Å². The monoisotopic (exact) mass is 466 g/mol. The third-order valence-electron chi connectivity index (χ3n) is 4.24.